The molecule has 0 N–H and O–H groups in total. The molecule has 1 aliphatic rings. The van der Waals surface area contributed by atoms with Crippen LogP contribution < -0.4 is 4.74 Å². The zero-order valence-corrected chi connectivity index (χ0v) is 6.91. The molecule has 1 unspecified atom stereocenters. The van der Waals surface area contributed by atoms with Gasteiger partial charge in [-0.1, -0.05) is 12.1 Å². The first kappa shape index (κ1) is 7.35. The van der Waals surface area contributed by atoms with Gasteiger partial charge in [-0.2, -0.15) is 0 Å². The lowest BCUT2D eigenvalue weighted by molar-refractivity contribution is -0.110. The summed E-state index contributed by atoms with van der Waals surface area (Å²) >= 11 is 0. The molecule has 1 fully saturated rings. The van der Waals surface area contributed by atoms with Crippen molar-refractivity contribution in [2.24, 2.45) is 0 Å². The second kappa shape index (κ2) is 2.63. The Bertz CT molecular complexity index is 300. The molecular weight excluding hydrogens is 152 g/mol. The highest BCUT2D eigenvalue weighted by molar-refractivity contribution is 6.01. The van der Waals surface area contributed by atoms with Crippen molar-refractivity contribution in [3.63, 3.8) is 0 Å². The molecule has 0 amide bonds. The van der Waals surface area contributed by atoms with Crippen molar-refractivity contribution in [2.45, 2.75) is 12.3 Å². The summed E-state index contributed by atoms with van der Waals surface area (Å²) in [5.74, 6) is 1.36. The highest BCUT2D eigenvalue weighted by Crippen LogP contribution is 2.36. The van der Waals surface area contributed by atoms with E-state index < -0.39 is 0 Å². The Morgan fingerprint density at radius 1 is 1.33 bits per heavy atom. The van der Waals surface area contributed by atoms with Crippen LogP contribution in [0.25, 0.3) is 0 Å². The molecule has 0 heterocycles. The van der Waals surface area contributed by atoms with Crippen molar-refractivity contribution in [2.75, 3.05) is 7.11 Å². The van der Waals surface area contributed by atoms with E-state index >= 15 is 0 Å². The second-order valence-electron chi connectivity index (χ2n) is 3.00. The van der Waals surface area contributed by atoms with Crippen molar-refractivity contribution >= 4 is 5.78 Å². The van der Waals surface area contributed by atoms with Gasteiger partial charge in [0, 0.05) is 12.3 Å². The quantitative estimate of drug-likeness (QED) is 0.662. The molecular formula is C10H10O2. The summed E-state index contributed by atoms with van der Waals surface area (Å²) in [6, 6.07) is 7.69. The van der Waals surface area contributed by atoms with E-state index in [-0.39, 0.29) is 5.92 Å². The van der Waals surface area contributed by atoms with Crippen LogP contribution >= 0.6 is 0 Å². The third kappa shape index (κ3) is 1.20. The molecule has 0 bridgehead atoms. The summed E-state index contributed by atoms with van der Waals surface area (Å²) < 4.78 is 5.01. The topological polar surface area (TPSA) is 26.3 Å². The van der Waals surface area contributed by atoms with Gasteiger partial charge in [0.1, 0.15) is 11.5 Å². The average Bonchev–Trinajstić information content (AvgIpc) is 2.83. The van der Waals surface area contributed by atoms with Crippen LogP contribution in [0.2, 0.25) is 0 Å². The van der Waals surface area contributed by atoms with Crippen molar-refractivity contribution < 1.29 is 9.53 Å². The first-order chi connectivity index (χ1) is 5.81. The van der Waals surface area contributed by atoms with Crippen LogP contribution in [0.4, 0.5) is 0 Å². The number of ether oxygens (including phenoxy) is 1. The maximum absolute atomic E-state index is 10.8. The van der Waals surface area contributed by atoms with Crippen molar-refractivity contribution in [1.29, 1.82) is 0 Å². The van der Waals surface area contributed by atoms with Gasteiger partial charge in [0.2, 0.25) is 0 Å². The molecule has 62 valence electrons. The predicted octanol–water partition coefficient (Wildman–Crippen LogP) is 1.75. The van der Waals surface area contributed by atoms with E-state index in [1.165, 1.54) is 0 Å². The maximum atomic E-state index is 10.8. The van der Waals surface area contributed by atoms with Crippen LogP contribution in [0.3, 0.4) is 0 Å². The van der Waals surface area contributed by atoms with Crippen molar-refractivity contribution in [3.8, 4) is 5.75 Å². The van der Waals surface area contributed by atoms with Gasteiger partial charge in [-0.25, -0.2) is 0 Å². The standard InChI is InChI=1S/C10H10O2/c1-12-8-4-2-7(3-5-8)9-6-10(9)11/h2-5,9H,6H2,1H3. The first-order valence-corrected chi connectivity index (χ1v) is 3.98. The predicted molar refractivity (Wildman–Crippen MR) is 45.4 cm³/mol. The van der Waals surface area contributed by atoms with Gasteiger partial charge >= 0.3 is 0 Å². The Labute approximate surface area is 71.2 Å². The molecule has 0 spiro atoms. The number of Topliss-reactive ketones (excluding diaryl/α,β-unsaturated/α-hetero) is 1. The summed E-state index contributed by atoms with van der Waals surface area (Å²) in [5.41, 5.74) is 1.11. The molecule has 2 heteroatoms. The minimum Gasteiger partial charge on any atom is -0.497 e. The number of hydrogen-bond donors (Lipinski definition) is 0. The fraction of sp³-hybridized carbons (Fsp3) is 0.300. The molecule has 1 atom stereocenters. The summed E-state index contributed by atoms with van der Waals surface area (Å²) in [4.78, 5) is 10.8. The Kier molecular flexibility index (Phi) is 1.61. The van der Waals surface area contributed by atoms with E-state index in [1.54, 1.807) is 7.11 Å². The van der Waals surface area contributed by atoms with Gasteiger partial charge in [0.25, 0.3) is 0 Å². The largest absolute Gasteiger partial charge is 0.497 e. The van der Waals surface area contributed by atoms with E-state index in [2.05, 4.69) is 0 Å². The van der Waals surface area contributed by atoms with Gasteiger partial charge in [-0.3, -0.25) is 4.79 Å². The van der Waals surface area contributed by atoms with E-state index in [0.717, 1.165) is 11.3 Å². The van der Waals surface area contributed by atoms with Crippen LogP contribution in [-0.4, -0.2) is 12.9 Å². The smallest absolute Gasteiger partial charge is 0.141 e. The molecule has 0 aliphatic heterocycles. The molecule has 12 heavy (non-hydrogen) atoms. The molecule has 1 aliphatic carbocycles. The highest BCUT2D eigenvalue weighted by Gasteiger charge is 2.35. The van der Waals surface area contributed by atoms with Gasteiger partial charge < -0.3 is 4.74 Å². The van der Waals surface area contributed by atoms with Crippen LogP contribution in [-0.2, 0) is 4.79 Å². The Balaban J connectivity index is 2.20. The fourth-order valence-corrected chi connectivity index (χ4v) is 1.28. The molecule has 1 saturated carbocycles. The second-order valence-corrected chi connectivity index (χ2v) is 3.00. The van der Waals surface area contributed by atoms with Gasteiger partial charge in [-0.15, -0.1) is 0 Å². The number of methoxy groups -OCH3 is 1. The van der Waals surface area contributed by atoms with Crippen LogP contribution in [0.15, 0.2) is 24.3 Å². The molecule has 1 aromatic rings. The fourth-order valence-electron chi connectivity index (χ4n) is 1.28. The molecule has 2 nitrogen and oxygen atoms in total. The average molecular weight is 162 g/mol. The van der Waals surface area contributed by atoms with E-state index in [0.29, 0.717) is 12.2 Å². The normalized spacial score (nSPS) is 20.8. The summed E-state index contributed by atoms with van der Waals surface area (Å²) in [6.45, 7) is 0. The summed E-state index contributed by atoms with van der Waals surface area (Å²) in [7, 11) is 1.64. The van der Waals surface area contributed by atoms with E-state index in [1.807, 2.05) is 24.3 Å². The lowest BCUT2D eigenvalue weighted by Gasteiger charge is -1.99. The molecule has 1 aromatic carbocycles. The number of carbonyl (C=O) groups excluding carboxylic acids is 1. The zero-order chi connectivity index (χ0) is 8.55. The Morgan fingerprint density at radius 2 is 1.92 bits per heavy atom. The third-order valence-electron chi connectivity index (χ3n) is 2.15. The number of hydrogen-bond acceptors (Lipinski definition) is 2. The van der Waals surface area contributed by atoms with E-state index in [4.69, 9.17) is 4.74 Å². The monoisotopic (exact) mass is 162 g/mol. The number of ketones is 1. The lowest BCUT2D eigenvalue weighted by atomic mass is 10.1. The minimum atomic E-state index is 0.177. The first-order valence-electron chi connectivity index (χ1n) is 3.98. The van der Waals surface area contributed by atoms with Crippen molar-refractivity contribution in [3.05, 3.63) is 29.8 Å². The van der Waals surface area contributed by atoms with Gasteiger partial charge in [-0.05, 0) is 17.7 Å². The number of benzene rings is 1. The van der Waals surface area contributed by atoms with Crippen LogP contribution in [0, 0.1) is 0 Å². The van der Waals surface area contributed by atoms with Gasteiger partial charge in [0.15, 0.2) is 0 Å². The number of carbonyl (C=O) groups is 1. The maximum Gasteiger partial charge on any atom is 0.141 e. The SMILES string of the molecule is COc1ccc(C2CC2=O)cc1. The zero-order valence-electron chi connectivity index (χ0n) is 6.91. The summed E-state index contributed by atoms with van der Waals surface area (Å²) in [6.07, 6.45) is 0.715. The summed E-state index contributed by atoms with van der Waals surface area (Å²) in [5, 5.41) is 0. The third-order valence-corrected chi connectivity index (χ3v) is 2.15. The molecule has 2 rings (SSSR count). The molecule has 0 radical (unpaired) electrons. The van der Waals surface area contributed by atoms with E-state index in [9.17, 15) is 4.79 Å². The Morgan fingerprint density at radius 3 is 2.33 bits per heavy atom. The Hall–Kier alpha value is -1.31. The van der Waals surface area contributed by atoms with Crippen molar-refractivity contribution in [1.82, 2.24) is 0 Å². The molecule has 0 aromatic heterocycles. The minimum absolute atomic E-state index is 0.177. The van der Waals surface area contributed by atoms with Crippen LogP contribution in [0.5, 0.6) is 5.75 Å². The van der Waals surface area contributed by atoms with Crippen LogP contribution in [0.1, 0.15) is 17.9 Å². The molecule has 0 saturated heterocycles. The van der Waals surface area contributed by atoms with Gasteiger partial charge in [0.05, 0.1) is 7.11 Å². The number of rotatable bonds is 2. The highest BCUT2D eigenvalue weighted by atomic mass is 16.5. The lowest BCUT2D eigenvalue weighted by Crippen LogP contribution is -1.84.